The summed E-state index contributed by atoms with van der Waals surface area (Å²) in [6.45, 7) is 5.97. The van der Waals surface area contributed by atoms with E-state index in [0.29, 0.717) is 37.4 Å². The van der Waals surface area contributed by atoms with Crippen LogP contribution in [0.2, 0.25) is 0 Å². The van der Waals surface area contributed by atoms with E-state index < -0.39 is 11.7 Å². The zero-order chi connectivity index (χ0) is 21.8. The second-order valence-electron chi connectivity index (χ2n) is 7.92. The van der Waals surface area contributed by atoms with Crippen LogP contribution in [0.3, 0.4) is 0 Å². The highest BCUT2D eigenvalue weighted by Gasteiger charge is 2.31. The molecular weight excluding hydrogens is 407 g/mol. The molecule has 0 unspecified atom stereocenters. The molecule has 2 heterocycles. The number of carbonyl (C=O) groups excluding carboxylic acids is 1. The van der Waals surface area contributed by atoms with Gasteiger partial charge in [-0.1, -0.05) is 18.2 Å². The van der Waals surface area contributed by atoms with Crippen LogP contribution in [0, 0.1) is 0 Å². The van der Waals surface area contributed by atoms with Gasteiger partial charge in [0, 0.05) is 57.1 Å². The third-order valence-corrected chi connectivity index (χ3v) is 5.79. The molecule has 2 fully saturated rings. The number of amides is 1. The Hall–Kier alpha value is -2.58. The normalized spacial score (nSPS) is 18.3. The lowest BCUT2D eigenvalue weighted by molar-refractivity contribution is -0.137. The van der Waals surface area contributed by atoms with Crippen molar-refractivity contribution in [3.8, 4) is 0 Å². The van der Waals surface area contributed by atoms with E-state index in [2.05, 4.69) is 4.90 Å². The molecule has 2 aliphatic rings. The van der Waals surface area contributed by atoms with Crippen LogP contribution in [0.1, 0.15) is 21.5 Å². The van der Waals surface area contributed by atoms with Crippen LogP contribution in [0.5, 0.6) is 0 Å². The highest BCUT2D eigenvalue weighted by molar-refractivity contribution is 5.94. The van der Waals surface area contributed by atoms with Crippen molar-refractivity contribution < 1.29 is 22.7 Å². The predicted octanol–water partition coefficient (Wildman–Crippen LogP) is 3.50. The molecule has 166 valence electrons. The fourth-order valence-electron chi connectivity index (χ4n) is 4.05. The minimum Gasteiger partial charge on any atom is -0.379 e. The number of benzene rings is 2. The Bertz CT molecular complexity index is 905. The van der Waals surface area contributed by atoms with E-state index in [4.69, 9.17) is 4.74 Å². The van der Waals surface area contributed by atoms with Crippen LogP contribution in [-0.4, -0.2) is 68.2 Å². The van der Waals surface area contributed by atoms with Gasteiger partial charge in [0.2, 0.25) is 0 Å². The predicted molar refractivity (Wildman–Crippen MR) is 112 cm³/mol. The number of ether oxygens (including phenoxy) is 1. The Labute approximate surface area is 180 Å². The third-order valence-electron chi connectivity index (χ3n) is 5.79. The van der Waals surface area contributed by atoms with Gasteiger partial charge >= 0.3 is 6.18 Å². The maximum absolute atomic E-state index is 13.0. The van der Waals surface area contributed by atoms with E-state index >= 15 is 0 Å². The molecular formula is C23H26F3N3O2. The number of morpholine rings is 1. The summed E-state index contributed by atoms with van der Waals surface area (Å²) < 4.78 is 44.4. The summed E-state index contributed by atoms with van der Waals surface area (Å²) in [4.78, 5) is 19.0. The van der Waals surface area contributed by atoms with Gasteiger partial charge in [-0.05, 0) is 35.9 Å². The molecule has 4 rings (SSSR count). The number of alkyl halides is 3. The Balaban J connectivity index is 1.37. The topological polar surface area (TPSA) is 36.0 Å². The van der Waals surface area contributed by atoms with Crippen molar-refractivity contribution in [2.75, 3.05) is 57.4 Å². The molecule has 0 atom stereocenters. The van der Waals surface area contributed by atoms with Gasteiger partial charge in [0.25, 0.3) is 5.91 Å². The molecule has 0 radical (unpaired) electrons. The maximum atomic E-state index is 13.0. The molecule has 0 bridgehead atoms. The summed E-state index contributed by atoms with van der Waals surface area (Å²) in [6.07, 6.45) is -4.36. The first-order chi connectivity index (χ1) is 14.9. The average Bonchev–Trinajstić information content (AvgIpc) is 2.79. The highest BCUT2D eigenvalue weighted by Crippen LogP contribution is 2.32. The second kappa shape index (κ2) is 9.28. The highest BCUT2D eigenvalue weighted by atomic mass is 19.4. The van der Waals surface area contributed by atoms with E-state index in [1.807, 2.05) is 29.2 Å². The smallest absolute Gasteiger partial charge is 0.379 e. The molecule has 0 N–H and O–H groups in total. The Morgan fingerprint density at radius 1 is 0.903 bits per heavy atom. The van der Waals surface area contributed by atoms with E-state index in [1.165, 1.54) is 12.1 Å². The van der Waals surface area contributed by atoms with Gasteiger partial charge in [-0.3, -0.25) is 9.69 Å². The van der Waals surface area contributed by atoms with Crippen LogP contribution in [-0.2, 0) is 17.5 Å². The summed E-state index contributed by atoms with van der Waals surface area (Å²) in [5.74, 6) is -0.0347. The molecule has 5 nitrogen and oxygen atoms in total. The fraction of sp³-hybridized carbons (Fsp3) is 0.435. The van der Waals surface area contributed by atoms with Crippen LogP contribution in [0.25, 0.3) is 0 Å². The van der Waals surface area contributed by atoms with Gasteiger partial charge in [-0.25, -0.2) is 0 Å². The number of nitrogens with zero attached hydrogens (tertiary/aromatic N) is 3. The molecule has 2 aliphatic heterocycles. The van der Waals surface area contributed by atoms with Gasteiger partial charge in [-0.15, -0.1) is 0 Å². The van der Waals surface area contributed by atoms with Crippen molar-refractivity contribution in [2.45, 2.75) is 12.7 Å². The van der Waals surface area contributed by atoms with Crippen LogP contribution in [0.15, 0.2) is 48.5 Å². The first kappa shape index (κ1) is 21.6. The molecule has 2 saturated heterocycles. The minimum atomic E-state index is -4.36. The maximum Gasteiger partial charge on any atom is 0.416 e. The summed E-state index contributed by atoms with van der Waals surface area (Å²) in [6, 6.07) is 13.1. The van der Waals surface area contributed by atoms with Crippen molar-refractivity contribution in [1.29, 1.82) is 0 Å². The largest absolute Gasteiger partial charge is 0.416 e. The number of hydrogen-bond acceptors (Lipinski definition) is 4. The standard InChI is InChI=1S/C23H26F3N3O2/c24-23(25,26)20-5-2-6-21(16-20)28-7-9-29(10-8-28)22(30)19-4-1-3-18(15-19)17-27-11-13-31-14-12-27/h1-6,15-16H,7-14,17H2. The summed E-state index contributed by atoms with van der Waals surface area (Å²) in [5, 5.41) is 0. The molecule has 0 saturated carbocycles. The molecule has 1 amide bonds. The molecule has 0 aliphatic carbocycles. The quantitative estimate of drug-likeness (QED) is 0.740. The van der Waals surface area contributed by atoms with Crippen molar-refractivity contribution in [3.05, 3.63) is 65.2 Å². The van der Waals surface area contributed by atoms with Crippen LogP contribution in [0.4, 0.5) is 18.9 Å². The molecule has 0 aromatic heterocycles. The lowest BCUT2D eigenvalue weighted by Crippen LogP contribution is -2.48. The van der Waals surface area contributed by atoms with E-state index in [-0.39, 0.29) is 5.91 Å². The zero-order valence-electron chi connectivity index (χ0n) is 17.3. The second-order valence-corrected chi connectivity index (χ2v) is 7.92. The molecule has 31 heavy (non-hydrogen) atoms. The summed E-state index contributed by atoms with van der Waals surface area (Å²) in [5.41, 5.74) is 1.63. The van der Waals surface area contributed by atoms with E-state index in [1.54, 1.807) is 11.0 Å². The first-order valence-corrected chi connectivity index (χ1v) is 10.5. The fourth-order valence-corrected chi connectivity index (χ4v) is 4.05. The molecule has 0 spiro atoms. The van der Waals surface area contributed by atoms with E-state index in [9.17, 15) is 18.0 Å². The first-order valence-electron chi connectivity index (χ1n) is 10.5. The minimum absolute atomic E-state index is 0.0347. The van der Waals surface area contributed by atoms with E-state index in [0.717, 1.165) is 44.5 Å². The third kappa shape index (κ3) is 5.37. The number of halogens is 3. The van der Waals surface area contributed by atoms with Gasteiger partial charge < -0.3 is 14.5 Å². The molecule has 2 aromatic rings. The van der Waals surface area contributed by atoms with Crippen molar-refractivity contribution in [2.24, 2.45) is 0 Å². The zero-order valence-corrected chi connectivity index (χ0v) is 17.3. The lowest BCUT2D eigenvalue weighted by Gasteiger charge is -2.36. The summed E-state index contributed by atoms with van der Waals surface area (Å²) >= 11 is 0. The average molecular weight is 433 g/mol. The van der Waals surface area contributed by atoms with Crippen molar-refractivity contribution >= 4 is 11.6 Å². The number of carbonyl (C=O) groups is 1. The van der Waals surface area contributed by atoms with Gasteiger partial charge in [0.15, 0.2) is 0 Å². The van der Waals surface area contributed by atoms with Gasteiger partial charge in [0.1, 0.15) is 0 Å². The molecule has 8 heteroatoms. The SMILES string of the molecule is O=C(c1cccc(CN2CCOCC2)c1)N1CCN(c2cccc(C(F)(F)F)c2)CC1. The van der Waals surface area contributed by atoms with Crippen molar-refractivity contribution in [3.63, 3.8) is 0 Å². The molecule has 2 aromatic carbocycles. The van der Waals surface area contributed by atoms with Crippen LogP contribution >= 0.6 is 0 Å². The Morgan fingerprint density at radius 2 is 1.61 bits per heavy atom. The van der Waals surface area contributed by atoms with Crippen LogP contribution < -0.4 is 4.90 Å². The Morgan fingerprint density at radius 3 is 2.32 bits per heavy atom. The van der Waals surface area contributed by atoms with Gasteiger partial charge in [-0.2, -0.15) is 13.2 Å². The van der Waals surface area contributed by atoms with Crippen molar-refractivity contribution in [1.82, 2.24) is 9.80 Å². The lowest BCUT2D eigenvalue weighted by atomic mass is 10.1. The number of anilines is 1. The Kier molecular flexibility index (Phi) is 6.48. The summed E-state index contributed by atoms with van der Waals surface area (Å²) in [7, 11) is 0. The number of hydrogen-bond donors (Lipinski definition) is 0. The van der Waals surface area contributed by atoms with Gasteiger partial charge in [0.05, 0.1) is 18.8 Å². The monoisotopic (exact) mass is 433 g/mol. The number of rotatable bonds is 4. The number of piperazine rings is 1.